The van der Waals surface area contributed by atoms with Gasteiger partial charge in [-0.05, 0) is 38.5 Å². The Balaban J connectivity index is 1.49. The van der Waals surface area contributed by atoms with E-state index in [9.17, 15) is 4.79 Å². The van der Waals surface area contributed by atoms with Crippen molar-refractivity contribution in [1.82, 2.24) is 20.3 Å². The lowest BCUT2D eigenvalue weighted by molar-refractivity contribution is -0.124. The Hall–Kier alpha value is -1.39. The largest absolute Gasteiger partial charge is 0.354 e. The van der Waals surface area contributed by atoms with E-state index in [2.05, 4.69) is 15.6 Å². The third kappa shape index (κ3) is 3.19. The first kappa shape index (κ1) is 13.6. The molecule has 5 heteroatoms. The summed E-state index contributed by atoms with van der Waals surface area (Å²) in [6.45, 7) is 2.70. The highest BCUT2D eigenvalue weighted by Gasteiger charge is 2.28. The molecule has 1 amide bonds. The fraction of sp³-hybridized carbons (Fsp3) is 0.800. The smallest absolute Gasteiger partial charge is 0.244 e. The molecular weight excluding hydrogens is 252 g/mol. The van der Waals surface area contributed by atoms with Gasteiger partial charge in [0.05, 0.1) is 5.69 Å². The Bertz CT molecular complexity index is 460. The van der Waals surface area contributed by atoms with Gasteiger partial charge >= 0.3 is 0 Å². The van der Waals surface area contributed by atoms with Crippen molar-refractivity contribution in [3.8, 4) is 0 Å². The van der Waals surface area contributed by atoms with Crippen molar-refractivity contribution in [2.24, 2.45) is 5.92 Å². The Kier molecular flexibility index (Phi) is 4.03. The van der Waals surface area contributed by atoms with E-state index in [0.29, 0.717) is 11.8 Å². The molecule has 110 valence electrons. The molecule has 20 heavy (non-hydrogen) atoms. The van der Waals surface area contributed by atoms with E-state index in [1.165, 1.54) is 44.9 Å². The van der Waals surface area contributed by atoms with Crippen molar-refractivity contribution in [3.63, 3.8) is 0 Å². The van der Waals surface area contributed by atoms with Crippen LogP contribution in [-0.4, -0.2) is 27.4 Å². The van der Waals surface area contributed by atoms with Crippen LogP contribution in [0.1, 0.15) is 69.5 Å². The third-order valence-electron chi connectivity index (χ3n) is 4.59. The summed E-state index contributed by atoms with van der Waals surface area (Å²) in [6, 6.07) is -0.265. The van der Waals surface area contributed by atoms with Crippen LogP contribution in [-0.2, 0) is 4.79 Å². The molecule has 0 aromatic carbocycles. The second kappa shape index (κ2) is 5.94. The van der Waals surface area contributed by atoms with E-state index >= 15 is 0 Å². The van der Waals surface area contributed by atoms with Crippen molar-refractivity contribution in [1.29, 1.82) is 0 Å². The van der Waals surface area contributed by atoms with Crippen molar-refractivity contribution in [3.05, 3.63) is 11.9 Å². The average Bonchev–Trinajstić information content (AvgIpc) is 3.22. The minimum absolute atomic E-state index is 0.0582. The van der Waals surface area contributed by atoms with Gasteiger partial charge in [0.2, 0.25) is 5.91 Å². The quantitative estimate of drug-likeness (QED) is 0.898. The van der Waals surface area contributed by atoms with Gasteiger partial charge in [0.25, 0.3) is 0 Å². The fourth-order valence-corrected chi connectivity index (χ4v) is 2.95. The number of aromatic nitrogens is 3. The number of rotatable bonds is 5. The average molecular weight is 276 g/mol. The van der Waals surface area contributed by atoms with Crippen LogP contribution >= 0.6 is 0 Å². The van der Waals surface area contributed by atoms with Crippen molar-refractivity contribution in [2.45, 2.75) is 63.8 Å². The minimum Gasteiger partial charge on any atom is -0.354 e. The van der Waals surface area contributed by atoms with Crippen LogP contribution in [0.5, 0.6) is 0 Å². The van der Waals surface area contributed by atoms with Gasteiger partial charge < -0.3 is 5.32 Å². The first-order valence-corrected chi connectivity index (χ1v) is 7.93. The minimum atomic E-state index is -0.265. The third-order valence-corrected chi connectivity index (χ3v) is 4.59. The maximum atomic E-state index is 12.2. The topological polar surface area (TPSA) is 59.8 Å². The lowest BCUT2D eigenvalue weighted by Gasteiger charge is -2.22. The molecule has 2 saturated carbocycles. The summed E-state index contributed by atoms with van der Waals surface area (Å²) in [5, 5.41) is 11.3. The predicted octanol–water partition coefficient (Wildman–Crippen LogP) is 2.41. The summed E-state index contributed by atoms with van der Waals surface area (Å²) in [5.74, 6) is 1.31. The Labute approximate surface area is 120 Å². The highest BCUT2D eigenvalue weighted by molar-refractivity contribution is 5.79. The maximum absolute atomic E-state index is 12.2. The van der Waals surface area contributed by atoms with Gasteiger partial charge in [-0.25, -0.2) is 4.68 Å². The van der Waals surface area contributed by atoms with Crippen LogP contribution in [0.2, 0.25) is 0 Å². The van der Waals surface area contributed by atoms with E-state index in [-0.39, 0.29) is 11.9 Å². The predicted molar refractivity (Wildman–Crippen MR) is 76.3 cm³/mol. The first-order chi connectivity index (χ1) is 9.74. The van der Waals surface area contributed by atoms with Gasteiger partial charge in [0, 0.05) is 18.7 Å². The highest BCUT2D eigenvalue weighted by atomic mass is 16.2. The lowest BCUT2D eigenvalue weighted by Crippen LogP contribution is -2.35. The van der Waals surface area contributed by atoms with Gasteiger partial charge in [-0.2, -0.15) is 0 Å². The number of hydrogen-bond donors (Lipinski definition) is 1. The Morgan fingerprint density at radius 1 is 1.35 bits per heavy atom. The van der Waals surface area contributed by atoms with Crippen LogP contribution in [0.4, 0.5) is 0 Å². The van der Waals surface area contributed by atoms with E-state index < -0.39 is 0 Å². The number of nitrogens with zero attached hydrogens (tertiary/aromatic N) is 3. The molecule has 1 unspecified atom stereocenters. The molecule has 2 fully saturated rings. The number of amides is 1. The number of carbonyl (C=O) groups excluding carboxylic acids is 1. The molecule has 1 atom stereocenters. The molecule has 5 nitrogen and oxygen atoms in total. The van der Waals surface area contributed by atoms with Crippen molar-refractivity contribution >= 4 is 5.91 Å². The number of nitrogens with one attached hydrogen (secondary N) is 1. The zero-order chi connectivity index (χ0) is 13.9. The molecule has 1 aromatic rings. The molecule has 0 bridgehead atoms. The van der Waals surface area contributed by atoms with E-state index in [1.54, 1.807) is 4.68 Å². The second-order valence-corrected chi connectivity index (χ2v) is 6.32. The van der Waals surface area contributed by atoms with Crippen LogP contribution in [0, 0.1) is 5.92 Å². The summed E-state index contributed by atoms with van der Waals surface area (Å²) < 4.78 is 1.70. The van der Waals surface area contributed by atoms with Gasteiger partial charge in [0.1, 0.15) is 6.04 Å². The van der Waals surface area contributed by atoms with Crippen LogP contribution in [0.25, 0.3) is 0 Å². The van der Waals surface area contributed by atoms with E-state index in [4.69, 9.17) is 0 Å². The summed E-state index contributed by atoms with van der Waals surface area (Å²) in [7, 11) is 0. The van der Waals surface area contributed by atoms with Crippen molar-refractivity contribution in [2.75, 3.05) is 6.54 Å². The second-order valence-electron chi connectivity index (χ2n) is 6.32. The molecule has 3 rings (SSSR count). The Morgan fingerprint density at radius 3 is 2.80 bits per heavy atom. The highest BCUT2D eigenvalue weighted by Crippen LogP contribution is 2.38. The standard InChI is InChI=1S/C15H24N4O/c1-11(19-10-14(17-18-19)13-7-8-13)15(20)16-9-12-5-3-2-4-6-12/h10-13H,2-9H2,1H3,(H,16,20). The maximum Gasteiger partial charge on any atom is 0.244 e. The number of hydrogen-bond acceptors (Lipinski definition) is 3. The Morgan fingerprint density at radius 2 is 2.10 bits per heavy atom. The molecule has 0 radical (unpaired) electrons. The molecule has 2 aliphatic rings. The van der Waals surface area contributed by atoms with Gasteiger partial charge in [-0.1, -0.05) is 24.5 Å². The number of carbonyl (C=O) groups is 1. The normalized spacial score (nSPS) is 21.6. The van der Waals surface area contributed by atoms with Crippen LogP contribution in [0.3, 0.4) is 0 Å². The molecule has 2 aliphatic carbocycles. The molecule has 0 saturated heterocycles. The zero-order valence-corrected chi connectivity index (χ0v) is 12.2. The monoisotopic (exact) mass is 276 g/mol. The molecule has 1 N–H and O–H groups in total. The SMILES string of the molecule is CC(C(=O)NCC1CCCCC1)n1cc(C2CC2)nn1. The zero-order valence-electron chi connectivity index (χ0n) is 12.2. The van der Waals surface area contributed by atoms with Crippen LogP contribution < -0.4 is 5.32 Å². The lowest BCUT2D eigenvalue weighted by atomic mass is 9.89. The molecule has 1 aromatic heterocycles. The molecule has 1 heterocycles. The van der Waals surface area contributed by atoms with E-state index in [0.717, 1.165) is 12.2 Å². The molecule has 0 spiro atoms. The summed E-state index contributed by atoms with van der Waals surface area (Å²) >= 11 is 0. The first-order valence-electron chi connectivity index (χ1n) is 7.93. The summed E-state index contributed by atoms with van der Waals surface area (Å²) in [6.07, 6.45) is 10.8. The van der Waals surface area contributed by atoms with Crippen molar-refractivity contribution < 1.29 is 4.79 Å². The molecular formula is C15H24N4O. The molecule has 0 aliphatic heterocycles. The summed E-state index contributed by atoms with van der Waals surface area (Å²) in [4.78, 5) is 12.2. The van der Waals surface area contributed by atoms with Gasteiger partial charge in [0.15, 0.2) is 0 Å². The van der Waals surface area contributed by atoms with Gasteiger partial charge in [-0.3, -0.25) is 4.79 Å². The van der Waals surface area contributed by atoms with Crippen LogP contribution in [0.15, 0.2) is 6.20 Å². The van der Waals surface area contributed by atoms with Gasteiger partial charge in [-0.15, -0.1) is 5.10 Å². The van der Waals surface area contributed by atoms with E-state index in [1.807, 2.05) is 13.1 Å². The summed E-state index contributed by atoms with van der Waals surface area (Å²) in [5.41, 5.74) is 1.04. The fourth-order valence-electron chi connectivity index (χ4n) is 2.95.